The maximum Gasteiger partial charge on any atom is 0.0947 e. The fraction of sp³-hybridized carbons (Fsp3) is 0.333. The lowest BCUT2D eigenvalue weighted by atomic mass is 10.2. The molecular formula is C15H19ClN2O. The molecule has 1 aromatic heterocycles. The molecule has 3 nitrogen and oxygen atoms in total. The van der Waals surface area contributed by atoms with E-state index in [4.69, 9.17) is 16.0 Å². The summed E-state index contributed by atoms with van der Waals surface area (Å²) in [5.41, 5.74) is 2.46. The van der Waals surface area contributed by atoms with E-state index in [0.29, 0.717) is 0 Å². The molecule has 2 aromatic rings. The Morgan fingerprint density at radius 3 is 2.63 bits per heavy atom. The zero-order valence-corrected chi connectivity index (χ0v) is 11.9. The number of furan rings is 1. The third kappa shape index (κ3) is 5.07. The Bertz CT molecular complexity index is 467. The van der Waals surface area contributed by atoms with Crippen LogP contribution in [0.2, 0.25) is 5.02 Å². The Morgan fingerprint density at radius 2 is 1.95 bits per heavy atom. The van der Waals surface area contributed by atoms with E-state index >= 15 is 0 Å². The van der Waals surface area contributed by atoms with Crippen LogP contribution in [0, 0.1) is 0 Å². The minimum Gasteiger partial charge on any atom is -0.472 e. The van der Waals surface area contributed by atoms with Crippen molar-refractivity contribution in [1.29, 1.82) is 0 Å². The monoisotopic (exact) mass is 278 g/mol. The van der Waals surface area contributed by atoms with Crippen LogP contribution >= 0.6 is 11.6 Å². The molecule has 0 saturated heterocycles. The van der Waals surface area contributed by atoms with Crippen LogP contribution in [0.4, 0.5) is 0 Å². The molecule has 4 heteroatoms. The van der Waals surface area contributed by atoms with Gasteiger partial charge in [0.2, 0.25) is 0 Å². The quantitative estimate of drug-likeness (QED) is 0.789. The summed E-state index contributed by atoms with van der Waals surface area (Å²) in [6, 6.07) is 9.98. The summed E-state index contributed by atoms with van der Waals surface area (Å²) >= 11 is 5.87. The van der Waals surface area contributed by atoms with Crippen LogP contribution in [0.25, 0.3) is 0 Å². The van der Waals surface area contributed by atoms with Crippen molar-refractivity contribution in [3.63, 3.8) is 0 Å². The topological polar surface area (TPSA) is 28.4 Å². The second-order valence-corrected chi connectivity index (χ2v) is 5.11. The summed E-state index contributed by atoms with van der Waals surface area (Å²) in [6.45, 7) is 3.74. The van der Waals surface area contributed by atoms with Crippen LogP contribution in [0.5, 0.6) is 0 Å². The highest BCUT2D eigenvalue weighted by Crippen LogP contribution is 2.10. The number of hydrogen-bond donors (Lipinski definition) is 1. The molecule has 0 saturated carbocycles. The van der Waals surface area contributed by atoms with Crippen LogP contribution in [-0.4, -0.2) is 25.0 Å². The second-order valence-electron chi connectivity index (χ2n) is 4.67. The van der Waals surface area contributed by atoms with E-state index in [9.17, 15) is 0 Å². The molecule has 0 aliphatic carbocycles. The molecule has 0 fully saturated rings. The molecule has 0 aliphatic heterocycles. The highest BCUT2D eigenvalue weighted by molar-refractivity contribution is 6.30. The standard InChI is InChI=1S/C15H19ClN2O/c1-18(11-13-2-4-15(16)5-3-13)8-7-17-10-14-6-9-19-12-14/h2-6,9,12,17H,7-8,10-11H2,1H3. The van der Waals surface area contributed by atoms with Gasteiger partial charge in [-0.2, -0.15) is 0 Å². The zero-order chi connectivity index (χ0) is 13.5. The van der Waals surface area contributed by atoms with Gasteiger partial charge in [0.1, 0.15) is 0 Å². The largest absolute Gasteiger partial charge is 0.472 e. The molecule has 0 bridgehead atoms. The highest BCUT2D eigenvalue weighted by Gasteiger charge is 2.00. The Labute approximate surface area is 119 Å². The molecule has 19 heavy (non-hydrogen) atoms. The van der Waals surface area contributed by atoms with Gasteiger partial charge in [-0.3, -0.25) is 0 Å². The lowest BCUT2D eigenvalue weighted by Crippen LogP contribution is -2.28. The minimum atomic E-state index is 0.785. The zero-order valence-electron chi connectivity index (χ0n) is 11.1. The van der Waals surface area contributed by atoms with Gasteiger partial charge < -0.3 is 14.6 Å². The molecule has 0 amide bonds. The smallest absolute Gasteiger partial charge is 0.0947 e. The van der Waals surface area contributed by atoms with Crippen LogP contribution < -0.4 is 5.32 Å². The van der Waals surface area contributed by atoms with E-state index in [0.717, 1.165) is 31.2 Å². The van der Waals surface area contributed by atoms with Gasteiger partial charge >= 0.3 is 0 Å². The summed E-state index contributed by atoms with van der Waals surface area (Å²) in [6.07, 6.45) is 3.47. The van der Waals surface area contributed by atoms with E-state index in [2.05, 4.69) is 29.4 Å². The van der Waals surface area contributed by atoms with Gasteiger partial charge in [-0.25, -0.2) is 0 Å². The molecule has 1 N–H and O–H groups in total. The number of rotatable bonds is 7. The van der Waals surface area contributed by atoms with E-state index in [1.807, 2.05) is 18.2 Å². The Hall–Kier alpha value is -1.29. The maximum atomic E-state index is 5.87. The van der Waals surface area contributed by atoms with Gasteiger partial charge in [-0.1, -0.05) is 23.7 Å². The summed E-state index contributed by atoms with van der Waals surface area (Å²) in [7, 11) is 2.12. The number of benzene rings is 1. The molecule has 0 radical (unpaired) electrons. The first-order chi connectivity index (χ1) is 9.24. The fourth-order valence-electron chi connectivity index (χ4n) is 1.88. The van der Waals surface area contributed by atoms with Crippen molar-refractivity contribution in [2.24, 2.45) is 0 Å². The van der Waals surface area contributed by atoms with Crippen molar-refractivity contribution in [2.45, 2.75) is 13.1 Å². The van der Waals surface area contributed by atoms with Crippen LogP contribution in [0.1, 0.15) is 11.1 Å². The van der Waals surface area contributed by atoms with Crippen molar-refractivity contribution in [3.8, 4) is 0 Å². The predicted octanol–water partition coefficient (Wildman–Crippen LogP) is 3.15. The first-order valence-corrected chi connectivity index (χ1v) is 6.76. The Morgan fingerprint density at radius 1 is 1.16 bits per heavy atom. The lowest BCUT2D eigenvalue weighted by Gasteiger charge is -2.17. The second kappa shape index (κ2) is 7.34. The van der Waals surface area contributed by atoms with Gasteiger partial charge in [0.15, 0.2) is 0 Å². The van der Waals surface area contributed by atoms with E-state index in [-0.39, 0.29) is 0 Å². The summed E-state index contributed by atoms with van der Waals surface area (Å²) in [4.78, 5) is 2.28. The van der Waals surface area contributed by atoms with Crippen molar-refractivity contribution in [2.75, 3.05) is 20.1 Å². The fourth-order valence-corrected chi connectivity index (χ4v) is 2.00. The first-order valence-electron chi connectivity index (χ1n) is 6.39. The predicted molar refractivity (Wildman–Crippen MR) is 78.2 cm³/mol. The average molecular weight is 279 g/mol. The molecule has 0 unspecified atom stereocenters. The molecule has 0 spiro atoms. The number of likely N-dealkylation sites (N-methyl/N-ethyl adjacent to an activating group) is 1. The van der Waals surface area contributed by atoms with Crippen LogP contribution in [0.15, 0.2) is 47.3 Å². The SMILES string of the molecule is CN(CCNCc1ccoc1)Cc1ccc(Cl)cc1. The van der Waals surface area contributed by atoms with Crippen molar-refractivity contribution in [3.05, 3.63) is 59.0 Å². The van der Waals surface area contributed by atoms with Gasteiger partial charge in [0.25, 0.3) is 0 Å². The molecule has 0 aliphatic rings. The summed E-state index contributed by atoms with van der Waals surface area (Å²) in [5.74, 6) is 0. The minimum absolute atomic E-state index is 0.785. The lowest BCUT2D eigenvalue weighted by molar-refractivity contribution is 0.324. The van der Waals surface area contributed by atoms with Crippen LogP contribution in [0.3, 0.4) is 0 Å². The Balaban J connectivity index is 1.64. The maximum absolute atomic E-state index is 5.87. The molecule has 1 aromatic carbocycles. The number of nitrogens with one attached hydrogen (secondary N) is 1. The Kier molecular flexibility index (Phi) is 5.45. The first kappa shape index (κ1) is 14.1. The molecule has 102 valence electrons. The number of nitrogens with zero attached hydrogens (tertiary/aromatic N) is 1. The highest BCUT2D eigenvalue weighted by atomic mass is 35.5. The number of hydrogen-bond acceptors (Lipinski definition) is 3. The van der Waals surface area contributed by atoms with Crippen molar-refractivity contribution in [1.82, 2.24) is 10.2 Å². The third-order valence-electron chi connectivity index (χ3n) is 2.95. The number of halogens is 1. The van der Waals surface area contributed by atoms with E-state index in [1.165, 1.54) is 11.1 Å². The van der Waals surface area contributed by atoms with E-state index in [1.54, 1.807) is 12.5 Å². The van der Waals surface area contributed by atoms with Crippen molar-refractivity contribution >= 4 is 11.6 Å². The molecular weight excluding hydrogens is 260 g/mol. The van der Waals surface area contributed by atoms with Crippen molar-refractivity contribution < 1.29 is 4.42 Å². The van der Waals surface area contributed by atoms with Gasteiger partial charge in [-0.15, -0.1) is 0 Å². The van der Waals surface area contributed by atoms with Gasteiger partial charge in [0, 0.05) is 36.8 Å². The average Bonchev–Trinajstić information content (AvgIpc) is 2.91. The normalized spacial score (nSPS) is 11.1. The van der Waals surface area contributed by atoms with E-state index < -0.39 is 0 Å². The molecule has 1 heterocycles. The van der Waals surface area contributed by atoms with Crippen LogP contribution in [-0.2, 0) is 13.1 Å². The summed E-state index contributed by atoms with van der Waals surface area (Å²) in [5, 5.41) is 4.18. The van der Waals surface area contributed by atoms with Gasteiger partial charge in [-0.05, 0) is 30.8 Å². The van der Waals surface area contributed by atoms with Gasteiger partial charge in [0.05, 0.1) is 12.5 Å². The molecule has 0 atom stereocenters. The summed E-state index contributed by atoms with van der Waals surface area (Å²) < 4.78 is 5.02. The molecule has 2 rings (SSSR count). The third-order valence-corrected chi connectivity index (χ3v) is 3.20.